The zero-order chi connectivity index (χ0) is 24.0. The van der Waals surface area contributed by atoms with Gasteiger partial charge in [-0.2, -0.15) is 0 Å². The molecule has 0 bridgehead atoms. The standard InChI is InChI=1S/C20H22BrClO10/c1-9(23)27-8-16-17(28-10(2)24)18(29-11(3)25)19(30-12(4)26)20(32-16)31-15-6-5-13(21)7-14(15)22/h5-7,16-20H,8H2,1-4H3/t16-,17-,18+,19-,20-/m1/s1. The lowest BCUT2D eigenvalue weighted by atomic mass is 9.98. The van der Waals surface area contributed by atoms with Crippen molar-refractivity contribution in [2.75, 3.05) is 6.61 Å². The molecule has 0 spiro atoms. The molecule has 1 saturated heterocycles. The van der Waals surface area contributed by atoms with Gasteiger partial charge >= 0.3 is 23.9 Å². The summed E-state index contributed by atoms with van der Waals surface area (Å²) in [5.41, 5.74) is 0. The molecule has 0 amide bonds. The van der Waals surface area contributed by atoms with Crippen LogP contribution in [0.15, 0.2) is 22.7 Å². The zero-order valence-corrected chi connectivity index (χ0v) is 20.0. The number of hydrogen-bond donors (Lipinski definition) is 0. The summed E-state index contributed by atoms with van der Waals surface area (Å²) in [4.78, 5) is 46.7. The summed E-state index contributed by atoms with van der Waals surface area (Å²) >= 11 is 9.50. The van der Waals surface area contributed by atoms with Gasteiger partial charge in [0.15, 0.2) is 12.2 Å². The van der Waals surface area contributed by atoms with Crippen molar-refractivity contribution in [2.45, 2.75) is 58.4 Å². The molecule has 10 nitrogen and oxygen atoms in total. The normalized spacial score (nSPS) is 24.8. The summed E-state index contributed by atoms with van der Waals surface area (Å²) in [5.74, 6) is -2.63. The Hall–Kier alpha value is -2.37. The van der Waals surface area contributed by atoms with Crippen molar-refractivity contribution in [2.24, 2.45) is 0 Å². The number of ether oxygens (including phenoxy) is 6. The van der Waals surface area contributed by atoms with Crippen molar-refractivity contribution in [3.8, 4) is 5.75 Å². The Bertz CT molecular complexity index is 876. The van der Waals surface area contributed by atoms with Gasteiger partial charge < -0.3 is 28.4 Å². The summed E-state index contributed by atoms with van der Waals surface area (Å²) in [7, 11) is 0. The fraction of sp³-hybridized carbons (Fsp3) is 0.500. The Morgan fingerprint density at radius 1 is 0.906 bits per heavy atom. The van der Waals surface area contributed by atoms with Crippen LogP contribution < -0.4 is 4.74 Å². The van der Waals surface area contributed by atoms with E-state index >= 15 is 0 Å². The Morgan fingerprint density at radius 2 is 1.47 bits per heavy atom. The molecule has 1 fully saturated rings. The van der Waals surface area contributed by atoms with Crippen molar-refractivity contribution in [3.63, 3.8) is 0 Å². The van der Waals surface area contributed by atoms with E-state index in [1.165, 1.54) is 6.92 Å². The van der Waals surface area contributed by atoms with Gasteiger partial charge in [0.1, 0.15) is 18.5 Å². The van der Waals surface area contributed by atoms with Crippen LogP contribution in [0.5, 0.6) is 5.75 Å². The number of rotatable bonds is 7. The first-order valence-electron chi connectivity index (χ1n) is 9.40. The van der Waals surface area contributed by atoms with E-state index in [9.17, 15) is 19.2 Å². The van der Waals surface area contributed by atoms with Crippen LogP contribution in [0, 0.1) is 0 Å². The van der Waals surface area contributed by atoms with E-state index in [0.29, 0.717) is 4.47 Å². The summed E-state index contributed by atoms with van der Waals surface area (Å²) in [5, 5.41) is 0.215. The third-order valence-corrected chi connectivity index (χ3v) is 4.87. The summed E-state index contributed by atoms with van der Waals surface area (Å²) in [6.45, 7) is 4.24. The summed E-state index contributed by atoms with van der Waals surface area (Å²) in [6, 6.07) is 4.77. The SMILES string of the molecule is CC(=O)OC[C@H]1O[C@@H](Oc2ccc(Br)cc2Cl)[C@H](OC(C)=O)[C@@H](OC(C)=O)[C@@H]1OC(C)=O. The fourth-order valence-corrected chi connectivity index (χ4v) is 3.70. The second-order valence-corrected chi connectivity index (χ2v) is 8.08. The topological polar surface area (TPSA) is 124 Å². The van der Waals surface area contributed by atoms with E-state index in [-0.39, 0.29) is 17.4 Å². The van der Waals surface area contributed by atoms with Crippen LogP contribution in [-0.4, -0.2) is 61.2 Å². The predicted molar refractivity (Wildman–Crippen MR) is 112 cm³/mol. The maximum Gasteiger partial charge on any atom is 0.303 e. The van der Waals surface area contributed by atoms with E-state index in [2.05, 4.69) is 15.9 Å². The molecule has 5 atom stereocenters. The molecular weight excluding hydrogens is 516 g/mol. The van der Waals surface area contributed by atoms with Crippen molar-refractivity contribution in [1.29, 1.82) is 0 Å². The lowest BCUT2D eigenvalue weighted by Crippen LogP contribution is -2.63. The molecule has 2 rings (SSSR count). The Balaban J connectivity index is 2.47. The number of carbonyl (C=O) groups excluding carboxylic acids is 4. The Kier molecular flexibility index (Phi) is 9.29. The number of halogens is 2. The molecule has 0 unspecified atom stereocenters. The first-order chi connectivity index (χ1) is 15.0. The molecule has 1 aliphatic rings. The second kappa shape index (κ2) is 11.5. The monoisotopic (exact) mass is 536 g/mol. The van der Waals surface area contributed by atoms with Crippen LogP contribution in [0.3, 0.4) is 0 Å². The minimum Gasteiger partial charge on any atom is -0.463 e. The largest absolute Gasteiger partial charge is 0.463 e. The van der Waals surface area contributed by atoms with Crippen LogP contribution in [0.4, 0.5) is 0 Å². The highest BCUT2D eigenvalue weighted by Gasteiger charge is 2.53. The average Bonchev–Trinajstić information content (AvgIpc) is 2.65. The maximum atomic E-state index is 11.8. The van der Waals surface area contributed by atoms with Gasteiger partial charge in [0.05, 0.1) is 5.02 Å². The minimum absolute atomic E-state index is 0.177. The fourth-order valence-electron chi connectivity index (χ4n) is 2.98. The van der Waals surface area contributed by atoms with E-state index < -0.39 is 54.6 Å². The highest BCUT2D eigenvalue weighted by Crippen LogP contribution is 2.34. The smallest absolute Gasteiger partial charge is 0.303 e. The Labute approximate surface area is 197 Å². The molecule has 32 heavy (non-hydrogen) atoms. The minimum atomic E-state index is -1.35. The first kappa shape index (κ1) is 25.9. The lowest BCUT2D eigenvalue weighted by Gasteiger charge is -2.44. The predicted octanol–water partition coefficient (Wildman–Crippen LogP) is 2.56. The molecule has 0 aromatic heterocycles. The zero-order valence-electron chi connectivity index (χ0n) is 17.7. The first-order valence-corrected chi connectivity index (χ1v) is 10.6. The van der Waals surface area contributed by atoms with E-state index in [0.717, 1.165) is 20.8 Å². The van der Waals surface area contributed by atoms with Gasteiger partial charge in [0.2, 0.25) is 12.4 Å². The van der Waals surface area contributed by atoms with Gasteiger partial charge in [-0.05, 0) is 18.2 Å². The highest BCUT2D eigenvalue weighted by molar-refractivity contribution is 9.10. The molecule has 0 N–H and O–H groups in total. The quantitative estimate of drug-likeness (QED) is 0.379. The van der Waals surface area contributed by atoms with Crippen molar-refractivity contribution in [3.05, 3.63) is 27.7 Å². The molecule has 0 aliphatic carbocycles. The van der Waals surface area contributed by atoms with Crippen LogP contribution in [-0.2, 0) is 42.9 Å². The van der Waals surface area contributed by atoms with E-state index in [1.54, 1.807) is 18.2 Å². The molecule has 0 saturated carbocycles. The average molecular weight is 538 g/mol. The molecule has 12 heteroatoms. The molecule has 1 aromatic rings. The highest BCUT2D eigenvalue weighted by atomic mass is 79.9. The summed E-state index contributed by atoms with van der Waals surface area (Å²) in [6.07, 6.45) is -6.39. The van der Waals surface area contributed by atoms with Crippen LogP contribution in [0.2, 0.25) is 5.02 Å². The van der Waals surface area contributed by atoms with Crippen LogP contribution in [0.25, 0.3) is 0 Å². The van der Waals surface area contributed by atoms with E-state index in [1.807, 2.05) is 0 Å². The van der Waals surface area contributed by atoms with Crippen molar-refractivity contribution >= 4 is 51.4 Å². The van der Waals surface area contributed by atoms with Crippen molar-refractivity contribution in [1.82, 2.24) is 0 Å². The van der Waals surface area contributed by atoms with Gasteiger partial charge in [0, 0.05) is 32.2 Å². The number of benzene rings is 1. The van der Waals surface area contributed by atoms with Gasteiger partial charge in [0.25, 0.3) is 0 Å². The van der Waals surface area contributed by atoms with Gasteiger partial charge in [-0.15, -0.1) is 0 Å². The maximum absolute atomic E-state index is 11.8. The third-order valence-electron chi connectivity index (χ3n) is 4.09. The van der Waals surface area contributed by atoms with E-state index in [4.69, 9.17) is 40.0 Å². The van der Waals surface area contributed by atoms with Gasteiger partial charge in [-0.3, -0.25) is 19.2 Å². The number of carbonyl (C=O) groups is 4. The molecule has 176 valence electrons. The van der Waals surface area contributed by atoms with Gasteiger partial charge in [-0.25, -0.2) is 0 Å². The molecule has 1 aromatic carbocycles. The lowest BCUT2D eigenvalue weighted by molar-refractivity contribution is -0.288. The van der Waals surface area contributed by atoms with Crippen LogP contribution >= 0.6 is 27.5 Å². The van der Waals surface area contributed by atoms with Gasteiger partial charge in [-0.1, -0.05) is 27.5 Å². The number of esters is 4. The molecule has 1 aliphatic heterocycles. The third kappa shape index (κ3) is 7.35. The Morgan fingerprint density at radius 3 is 2.00 bits per heavy atom. The molecular formula is C20H22BrClO10. The second-order valence-electron chi connectivity index (χ2n) is 6.76. The number of hydrogen-bond acceptors (Lipinski definition) is 10. The van der Waals surface area contributed by atoms with Crippen LogP contribution in [0.1, 0.15) is 27.7 Å². The summed E-state index contributed by atoms with van der Waals surface area (Å²) < 4.78 is 33.3. The molecule has 1 heterocycles. The van der Waals surface area contributed by atoms with Crippen molar-refractivity contribution < 1.29 is 47.6 Å². The molecule has 0 radical (unpaired) electrons.